The fourth-order valence-corrected chi connectivity index (χ4v) is 7.48. The number of benzene rings is 1. The van der Waals surface area contributed by atoms with E-state index in [1.807, 2.05) is 36.1 Å². The van der Waals surface area contributed by atoms with Crippen LogP contribution >= 0.6 is 0 Å². The number of rotatable bonds is 8. The Balaban J connectivity index is 1.13. The van der Waals surface area contributed by atoms with Crippen LogP contribution in [0.1, 0.15) is 95.2 Å². The van der Waals surface area contributed by atoms with Crippen LogP contribution in [-0.4, -0.2) is 34.9 Å². The number of fused-ring (bicyclic) bond motifs is 3. The van der Waals surface area contributed by atoms with Crippen molar-refractivity contribution in [2.24, 2.45) is 10.8 Å². The number of hydrogen-bond donors (Lipinski definition) is 0. The largest absolute Gasteiger partial charge is 0.494 e. The van der Waals surface area contributed by atoms with E-state index in [1.165, 1.54) is 12.8 Å². The van der Waals surface area contributed by atoms with E-state index in [0.29, 0.717) is 38.3 Å². The van der Waals surface area contributed by atoms with Gasteiger partial charge >= 0.3 is 0 Å². The standard InChI is InChI=1S/C28H34FN3O3/c1-2-34-21-5-3-4-20(14-21)32(24(33)27-15-28(29,16-27)17-27)18-25-8-11-26(12-9-25,13-10-25)23-30-22(31-35-23)19-6-7-19/h3-5,14,19H,2,6-13,15-18H2,1H3. The van der Waals surface area contributed by atoms with E-state index < -0.39 is 11.1 Å². The van der Waals surface area contributed by atoms with E-state index >= 15 is 0 Å². The second kappa shape index (κ2) is 7.30. The fraction of sp³-hybridized carbons (Fsp3) is 0.679. The Morgan fingerprint density at radius 3 is 2.49 bits per heavy atom. The van der Waals surface area contributed by atoms with Gasteiger partial charge in [-0.2, -0.15) is 4.98 Å². The molecule has 1 aromatic carbocycles. The summed E-state index contributed by atoms with van der Waals surface area (Å²) in [4.78, 5) is 20.7. The lowest BCUT2D eigenvalue weighted by Gasteiger charge is -2.65. The van der Waals surface area contributed by atoms with Gasteiger partial charge in [0.25, 0.3) is 0 Å². The van der Waals surface area contributed by atoms with Crippen LogP contribution in [0, 0.1) is 10.8 Å². The number of carbonyl (C=O) groups is 1. The summed E-state index contributed by atoms with van der Waals surface area (Å²) in [6.45, 7) is 3.23. The maximum Gasteiger partial charge on any atom is 0.233 e. The van der Waals surface area contributed by atoms with Crippen molar-refractivity contribution in [1.82, 2.24) is 10.1 Å². The first-order valence-electron chi connectivity index (χ1n) is 13.4. The summed E-state index contributed by atoms with van der Waals surface area (Å²) in [7, 11) is 0. The number of hydrogen-bond acceptors (Lipinski definition) is 5. The molecule has 186 valence electrons. The molecule has 4 bridgehead atoms. The topological polar surface area (TPSA) is 68.5 Å². The molecule has 1 heterocycles. The highest BCUT2D eigenvalue weighted by Crippen LogP contribution is 2.70. The van der Waals surface area contributed by atoms with Crippen LogP contribution in [0.2, 0.25) is 0 Å². The van der Waals surface area contributed by atoms with Gasteiger partial charge in [0.1, 0.15) is 11.4 Å². The highest BCUT2D eigenvalue weighted by atomic mass is 19.1. The van der Waals surface area contributed by atoms with Crippen molar-refractivity contribution in [1.29, 1.82) is 0 Å². The van der Waals surface area contributed by atoms with Gasteiger partial charge in [0.2, 0.25) is 11.8 Å². The summed E-state index contributed by atoms with van der Waals surface area (Å²) >= 11 is 0. The van der Waals surface area contributed by atoms with Crippen LogP contribution in [0.3, 0.4) is 0 Å². The molecule has 0 aliphatic heterocycles. The Bertz CT molecular complexity index is 1130. The molecule has 0 N–H and O–H groups in total. The normalized spacial score (nSPS) is 36.9. The van der Waals surface area contributed by atoms with Crippen molar-refractivity contribution in [2.45, 2.75) is 94.6 Å². The molecule has 2 aromatic rings. The molecule has 7 aliphatic carbocycles. The highest BCUT2D eigenvalue weighted by Gasteiger charge is 2.73. The summed E-state index contributed by atoms with van der Waals surface area (Å²) in [5.41, 5.74) is -0.634. The molecule has 7 fully saturated rings. The summed E-state index contributed by atoms with van der Waals surface area (Å²) in [6.07, 6.45) is 9.72. The molecule has 6 nitrogen and oxygen atoms in total. The zero-order chi connectivity index (χ0) is 23.9. The minimum atomic E-state index is -1.09. The van der Waals surface area contributed by atoms with Crippen molar-refractivity contribution < 1.29 is 18.4 Å². The van der Waals surface area contributed by atoms with E-state index in [0.717, 1.165) is 61.7 Å². The summed E-state index contributed by atoms with van der Waals surface area (Å²) in [5, 5.41) is 4.29. The first-order valence-corrected chi connectivity index (χ1v) is 13.4. The first-order chi connectivity index (χ1) is 16.9. The molecule has 7 heteroatoms. The van der Waals surface area contributed by atoms with Crippen molar-refractivity contribution in [3.8, 4) is 5.75 Å². The van der Waals surface area contributed by atoms with Gasteiger partial charge in [0.05, 0.1) is 12.0 Å². The van der Waals surface area contributed by atoms with Crippen molar-refractivity contribution in [3.05, 3.63) is 36.0 Å². The van der Waals surface area contributed by atoms with Crippen molar-refractivity contribution in [3.63, 3.8) is 0 Å². The van der Waals surface area contributed by atoms with E-state index in [4.69, 9.17) is 14.2 Å². The average Bonchev–Trinajstić information content (AvgIpc) is 3.57. The Kier molecular flexibility index (Phi) is 4.55. The summed E-state index contributed by atoms with van der Waals surface area (Å²) in [5.74, 6) is 3.11. The van der Waals surface area contributed by atoms with Crippen LogP contribution in [0.5, 0.6) is 5.75 Å². The molecule has 9 rings (SSSR count). The average molecular weight is 480 g/mol. The minimum absolute atomic E-state index is 0.0000732. The predicted molar refractivity (Wildman–Crippen MR) is 128 cm³/mol. The van der Waals surface area contributed by atoms with Crippen LogP contribution in [0.15, 0.2) is 28.8 Å². The van der Waals surface area contributed by atoms with Crippen LogP contribution in [0.4, 0.5) is 10.1 Å². The molecule has 1 aromatic heterocycles. The van der Waals surface area contributed by atoms with E-state index in [-0.39, 0.29) is 16.7 Å². The van der Waals surface area contributed by atoms with Gasteiger partial charge in [-0.1, -0.05) is 11.2 Å². The first kappa shape index (κ1) is 21.8. The lowest BCUT2D eigenvalue weighted by atomic mass is 9.41. The van der Waals surface area contributed by atoms with Gasteiger partial charge in [-0.25, -0.2) is 4.39 Å². The molecule has 7 saturated carbocycles. The van der Waals surface area contributed by atoms with Gasteiger partial charge in [0, 0.05) is 29.6 Å². The second-order valence-corrected chi connectivity index (χ2v) is 12.3. The van der Waals surface area contributed by atoms with Gasteiger partial charge < -0.3 is 14.2 Å². The third-order valence-electron chi connectivity index (χ3n) is 9.84. The number of carbonyl (C=O) groups excluding carboxylic acids is 1. The number of alkyl halides is 1. The van der Waals surface area contributed by atoms with Crippen molar-refractivity contribution >= 4 is 11.6 Å². The Morgan fingerprint density at radius 2 is 1.86 bits per heavy atom. The van der Waals surface area contributed by atoms with Crippen LogP contribution < -0.4 is 9.64 Å². The predicted octanol–water partition coefficient (Wildman–Crippen LogP) is 5.86. The van der Waals surface area contributed by atoms with Crippen LogP contribution in [-0.2, 0) is 10.2 Å². The van der Waals surface area contributed by atoms with E-state index in [9.17, 15) is 9.18 Å². The molecule has 1 amide bonds. The molecular formula is C28H34FN3O3. The van der Waals surface area contributed by atoms with E-state index in [2.05, 4.69) is 5.16 Å². The van der Waals surface area contributed by atoms with E-state index in [1.54, 1.807) is 0 Å². The molecule has 7 aliphatic rings. The fourth-order valence-electron chi connectivity index (χ4n) is 7.48. The zero-order valence-electron chi connectivity index (χ0n) is 20.5. The number of nitrogens with zero attached hydrogens (tertiary/aromatic N) is 3. The van der Waals surface area contributed by atoms with Gasteiger partial charge in [-0.15, -0.1) is 0 Å². The Labute approximate surface area is 205 Å². The molecule has 0 saturated heterocycles. The number of anilines is 1. The molecule has 0 radical (unpaired) electrons. The lowest BCUT2D eigenvalue weighted by molar-refractivity contribution is -0.211. The number of ether oxygens (including phenoxy) is 1. The maximum atomic E-state index is 14.4. The number of aromatic nitrogens is 2. The zero-order valence-corrected chi connectivity index (χ0v) is 20.5. The lowest BCUT2D eigenvalue weighted by Crippen LogP contribution is -2.71. The van der Waals surface area contributed by atoms with Gasteiger partial charge in [0.15, 0.2) is 5.82 Å². The SMILES string of the molecule is CCOc1cccc(N(CC23CCC(c4nc(C5CC5)no4)(CC2)CC3)C(=O)C23CC(F)(C2)C3)c1. The monoisotopic (exact) mass is 479 g/mol. The number of amides is 1. The minimum Gasteiger partial charge on any atom is -0.494 e. The third kappa shape index (κ3) is 3.36. The third-order valence-corrected chi connectivity index (χ3v) is 9.84. The quantitative estimate of drug-likeness (QED) is 0.474. The molecular weight excluding hydrogens is 445 g/mol. The maximum absolute atomic E-state index is 14.4. The summed E-state index contributed by atoms with van der Waals surface area (Å²) in [6, 6.07) is 7.86. The molecule has 0 spiro atoms. The summed E-state index contributed by atoms with van der Waals surface area (Å²) < 4.78 is 25.9. The van der Waals surface area contributed by atoms with Crippen LogP contribution in [0.25, 0.3) is 0 Å². The molecule has 35 heavy (non-hydrogen) atoms. The molecule has 0 atom stereocenters. The second-order valence-electron chi connectivity index (χ2n) is 12.3. The van der Waals surface area contributed by atoms with Gasteiger partial charge in [-0.3, -0.25) is 4.79 Å². The Morgan fingerprint density at radius 1 is 1.14 bits per heavy atom. The highest BCUT2D eigenvalue weighted by molar-refractivity contribution is 6.00. The smallest absolute Gasteiger partial charge is 0.233 e. The molecule has 0 unspecified atom stereocenters. The Hall–Kier alpha value is -2.44. The number of halogens is 1. The van der Waals surface area contributed by atoms with Gasteiger partial charge in [-0.05, 0) is 95.1 Å². The van der Waals surface area contributed by atoms with Crippen molar-refractivity contribution in [2.75, 3.05) is 18.1 Å².